The second-order valence-corrected chi connectivity index (χ2v) is 9.66. The van der Waals surface area contributed by atoms with E-state index >= 15 is 0 Å². The van der Waals surface area contributed by atoms with Gasteiger partial charge in [-0.3, -0.25) is 18.7 Å². The van der Waals surface area contributed by atoms with Gasteiger partial charge in [-0.25, -0.2) is 0 Å². The van der Waals surface area contributed by atoms with Crippen LogP contribution in [0.25, 0.3) is 0 Å². The van der Waals surface area contributed by atoms with E-state index in [4.69, 9.17) is 0 Å². The molecule has 7 heteroatoms. The zero-order valence-corrected chi connectivity index (χ0v) is 19.0. The minimum absolute atomic E-state index is 0.0977. The zero-order chi connectivity index (χ0) is 22.2. The topological polar surface area (TPSA) is 78.5 Å². The molecule has 1 aliphatic rings. The number of nitrogens with one attached hydrogen (secondary N) is 2. The number of aryl methyl sites for hydroxylation is 2. The molecule has 2 aromatic carbocycles. The van der Waals surface area contributed by atoms with Crippen molar-refractivity contribution in [2.45, 2.75) is 39.3 Å². The number of benzene rings is 2. The Labute approximate surface area is 186 Å². The molecule has 2 aromatic rings. The summed E-state index contributed by atoms with van der Waals surface area (Å²) < 4.78 is 12.3. The Bertz CT molecular complexity index is 925. The van der Waals surface area contributed by atoms with Gasteiger partial charge in [0.2, 0.25) is 11.8 Å². The quantitative estimate of drug-likeness (QED) is 0.660. The summed E-state index contributed by atoms with van der Waals surface area (Å²) in [6, 6.07) is 16.2. The van der Waals surface area contributed by atoms with Gasteiger partial charge in [0, 0.05) is 42.2 Å². The third-order valence-corrected chi connectivity index (χ3v) is 6.61. The molecule has 31 heavy (non-hydrogen) atoms. The highest BCUT2D eigenvalue weighted by molar-refractivity contribution is 7.86. The Morgan fingerprint density at radius 3 is 2.35 bits per heavy atom. The van der Waals surface area contributed by atoms with E-state index in [0.717, 1.165) is 43.6 Å². The third kappa shape index (κ3) is 7.60. The molecule has 6 nitrogen and oxygen atoms in total. The molecule has 0 spiro atoms. The van der Waals surface area contributed by atoms with Crippen LogP contribution in [-0.4, -0.2) is 51.6 Å². The number of carbonyl (C=O) groups excluding carboxylic acids is 2. The summed E-state index contributed by atoms with van der Waals surface area (Å²) in [5.41, 5.74) is 4.07. The van der Waals surface area contributed by atoms with Gasteiger partial charge in [0.1, 0.15) is 11.5 Å². The van der Waals surface area contributed by atoms with Gasteiger partial charge in [0.05, 0.1) is 0 Å². The van der Waals surface area contributed by atoms with Crippen LogP contribution in [0, 0.1) is 13.8 Å². The molecule has 0 unspecified atom stereocenters. The normalized spacial score (nSPS) is 15.9. The van der Waals surface area contributed by atoms with E-state index in [1.807, 2.05) is 50.2 Å². The first kappa shape index (κ1) is 23.2. The maximum Gasteiger partial charge on any atom is 0.237 e. The number of likely N-dealkylation sites (tertiary alicyclic amines) is 1. The predicted molar refractivity (Wildman–Crippen MR) is 125 cm³/mol. The van der Waals surface area contributed by atoms with E-state index in [1.165, 1.54) is 5.56 Å². The lowest BCUT2D eigenvalue weighted by molar-refractivity contribution is -0.119. The monoisotopic (exact) mass is 441 g/mol. The van der Waals surface area contributed by atoms with Gasteiger partial charge in [-0.15, -0.1) is 0 Å². The SMILES string of the molecule is Cc1ccc(NC(=O)C[S@](=O)CC(=O)NC2CCN(Cc3ccccc3)CC2)c(C)c1. The number of carbonyl (C=O) groups is 2. The Balaban J connectivity index is 1.36. The van der Waals surface area contributed by atoms with Gasteiger partial charge in [0.15, 0.2) is 0 Å². The van der Waals surface area contributed by atoms with Crippen LogP contribution in [0.2, 0.25) is 0 Å². The lowest BCUT2D eigenvalue weighted by Crippen LogP contribution is -2.45. The van der Waals surface area contributed by atoms with Crippen molar-refractivity contribution in [2.24, 2.45) is 0 Å². The lowest BCUT2D eigenvalue weighted by Gasteiger charge is -2.32. The van der Waals surface area contributed by atoms with Gasteiger partial charge in [-0.1, -0.05) is 48.0 Å². The summed E-state index contributed by atoms with van der Waals surface area (Å²) in [6.45, 7) is 6.65. The Morgan fingerprint density at radius 1 is 1.00 bits per heavy atom. The molecule has 0 bridgehead atoms. The fraction of sp³-hybridized carbons (Fsp3) is 0.417. The third-order valence-electron chi connectivity index (χ3n) is 5.44. The predicted octanol–water partition coefficient (Wildman–Crippen LogP) is 2.77. The summed E-state index contributed by atoms with van der Waals surface area (Å²) in [5.74, 6) is -0.924. The highest BCUT2D eigenvalue weighted by atomic mass is 32.2. The smallest absolute Gasteiger partial charge is 0.237 e. The molecule has 0 aromatic heterocycles. The standard InChI is InChI=1S/C24H31N3O3S/c1-18-8-9-22(19(2)14-18)26-24(29)17-31(30)16-23(28)25-21-10-12-27(13-11-21)15-20-6-4-3-5-7-20/h3-9,14,21H,10-13,15-17H2,1-2H3,(H,25,28)(H,26,29)/t31-/m1/s1. The van der Waals surface area contributed by atoms with Crippen LogP contribution >= 0.6 is 0 Å². The van der Waals surface area contributed by atoms with Crippen molar-refractivity contribution in [3.63, 3.8) is 0 Å². The number of anilines is 1. The minimum atomic E-state index is -1.54. The van der Waals surface area contributed by atoms with E-state index in [9.17, 15) is 13.8 Å². The molecule has 1 fully saturated rings. The van der Waals surface area contributed by atoms with Crippen LogP contribution < -0.4 is 10.6 Å². The van der Waals surface area contributed by atoms with Crippen LogP contribution in [0.5, 0.6) is 0 Å². The molecule has 166 valence electrons. The first-order valence-corrected chi connectivity index (χ1v) is 12.2. The highest BCUT2D eigenvalue weighted by Crippen LogP contribution is 2.16. The van der Waals surface area contributed by atoms with Gasteiger partial charge in [0.25, 0.3) is 0 Å². The van der Waals surface area contributed by atoms with Crippen molar-refractivity contribution < 1.29 is 13.8 Å². The summed E-state index contributed by atoms with van der Waals surface area (Å²) in [7, 11) is -1.54. The van der Waals surface area contributed by atoms with E-state index in [0.29, 0.717) is 5.69 Å². The number of rotatable bonds is 8. The van der Waals surface area contributed by atoms with Crippen LogP contribution in [-0.2, 0) is 26.9 Å². The number of hydrogen-bond acceptors (Lipinski definition) is 4. The maximum absolute atomic E-state index is 12.3. The molecule has 3 rings (SSSR count). The van der Waals surface area contributed by atoms with Gasteiger partial charge in [-0.2, -0.15) is 0 Å². The first-order valence-electron chi connectivity index (χ1n) is 10.7. The number of amides is 2. The van der Waals surface area contributed by atoms with Crippen LogP contribution in [0.1, 0.15) is 29.5 Å². The molecule has 1 atom stereocenters. The summed E-state index contributed by atoms with van der Waals surface area (Å²) in [4.78, 5) is 26.8. The zero-order valence-electron chi connectivity index (χ0n) is 18.2. The van der Waals surface area contributed by atoms with E-state index in [2.05, 4.69) is 27.7 Å². The molecule has 1 saturated heterocycles. The fourth-order valence-electron chi connectivity index (χ4n) is 3.83. The van der Waals surface area contributed by atoms with Gasteiger partial charge < -0.3 is 10.6 Å². The van der Waals surface area contributed by atoms with E-state index < -0.39 is 10.8 Å². The first-order chi connectivity index (χ1) is 14.9. The van der Waals surface area contributed by atoms with Crippen molar-refractivity contribution in [2.75, 3.05) is 29.9 Å². The molecule has 0 saturated carbocycles. The second-order valence-electron chi connectivity index (χ2n) is 8.20. The number of hydrogen-bond donors (Lipinski definition) is 2. The summed E-state index contributed by atoms with van der Waals surface area (Å²) in [5, 5.41) is 5.76. The molecular weight excluding hydrogens is 410 g/mol. The fourth-order valence-corrected chi connectivity index (χ4v) is 4.67. The Kier molecular flexibility index (Phi) is 8.37. The minimum Gasteiger partial charge on any atom is -0.352 e. The molecule has 2 amide bonds. The molecule has 1 aliphatic heterocycles. The van der Waals surface area contributed by atoms with E-state index in [-0.39, 0.29) is 29.4 Å². The second kappa shape index (κ2) is 11.2. The average molecular weight is 442 g/mol. The average Bonchev–Trinajstić information content (AvgIpc) is 2.72. The number of piperidine rings is 1. The molecule has 0 aliphatic carbocycles. The van der Waals surface area contributed by atoms with E-state index in [1.54, 1.807) is 0 Å². The van der Waals surface area contributed by atoms with Crippen LogP contribution in [0.15, 0.2) is 48.5 Å². The van der Waals surface area contributed by atoms with Crippen molar-refractivity contribution in [3.8, 4) is 0 Å². The largest absolute Gasteiger partial charge is 0.352 e. The molecular formula is C24H31N3O3S. The Morgan fingerprint density at radius 2 is 1.68 bits per heavy atom. The number of nitrogens with zero attached hydrogens (tertiary/aromatic N) is 1. The lowest BCUT2D eigenvalue weighted by atomic mass is 10.0. The van der Waals surface area contributed by atoms with Crippen molar-refractivity contribution in [1.82, 2.24) is 10.2 Å². The van der Waals surface area contributed by atoms with Gasteiger partial charge in [-0.05, 0) is 43.9 Å². The Hall–Kier alpha value is -2.51. The maximum atomic E-state index is 12.3. The molecule has 2 N–H and O–H groups in total. The summed E-state index contributed by atoms with van der Waals surface area (Å²) >= 11 is 0. The highest BCUT2D eigenvalue weighted by Gasteiger charge is 2.22. The van der Waals surface area contributed by atoms with Gasteiger partial charge >= 0.3 is 0 Å². The molecule has 0 radical (unpaired) electrons. The van der Waals surface area contributed by atoms with Crippen LogP contribution in [0.4, 0.5) is 5.69 Å². The van der Waals surface area contributed by atoms with Crippen molar-refractivity contribution in [1.29, 1.82) is 0 Å². The molecule has 1 heterocycles. The van der Waals surface area contributed by atoms with Crippen molar-refractivity contribution in [3.05, 3.63) is 65.2 Å². The summed E-state index contributed by atoms with van der Waals surface area (Å²) in [6.07, 6.45) is 1.75. The van der Waals surface area contributed by atoms with Crippen molar-refractivity contribution >= 4 is 28.3 Å². The van der Waals surface area contributed by atoms with Crippen LogP contribution in [0.3, 0.4) is 0 Å².